The van der Waals surface area contributed by atoms with E-state index in [0.717, 1.165) is 24.5 Å². The lowest BCUT2D eigenvalue weighted by molar-refractivity contribution is -1.03. The highest BCUT2D eigenvalue weighted by Crippen LogP contribution is 2.11. The summed E-state index contributed by atoms with van der Waals surface area (Å²) < 4.78 is 0. The number of quaternary nitrogens is 2. The number of ketones is 1. The molecule has 142 valence electrons. The molecule has 27 heavy (non-hydrogen) atoms. The standard InChI is InChI=1S/C21H23ClN2O3/c22-18-8-6-17(7-9-18)20(25)14-19(21(26)27)24-12-10-23(11-13-24)15-16-4-2-1-3-5-16/h1-9,19H,10-15H2,(H,26,27)/p+1/t19-/m1/s1. The summed E-state index contributed by atoms with van der Waals surface area (Å²) in [4.78, 5) is 26.5. The maximum absolute atomic E-state index is 12.5. The number of carbonyl (C=O) groups is 2. The third-order valence-corrected chi connectivity index (χ3v) is 5.48. The van der Waals surface area contributed by atoms with E-state index >= 15 is 0 Å². The second kappa shape index (κ2) is 9.13. The first-order valence-electron chi connectivity index (χ1n) is 9.24. The van der Waals surface area contributed by atoms with E-state index < -0.39 is 12.0 Å². The first-order valence-corrected chi connectivity index (χ1v) is 9.62. The lowest BCUT2D eigenvalue weighted by Crippen LogP contribution is -3.29. The molecule has 5 nitrogen and oxygen atoms in total. The zero-order valence-electron chi connectivity index (χ0n) is 15.1. The maximum atomic E-state index is 12.5. The van der Waals surface area contributed by atoms with Crippen molar-refractivity contribution in [2.45, 2.75) is 19.0 Å². The monoisotopic (exact) mass is 387 g/mol. The Morgan fingerprint density at radius 2 is 1.59 bits per heavy atom. The predicted octanol–water partition coefficient (Wildman–Crippen LogP) is -0.985. The fourth-order valence-corrected chi connectivity index (χ4v) is 3.79. The molecule has 0 aromatic heterocycles. The van der Waals surface area contributed by atoms with Gasteiger partial charge in [0.25, 0.3) is 0 Å². The fourth-order valence-electron chi connectivity index (χ4n) is 3.67. The highest BCUT2D eigenvalue weighted by molar-refractivity contribution is 6.30. The number of carboxylic acids is 1. The van der Waals surface area contributed by atoms with Crippen molar-refractivity contribution in [2.24, 2.45) is 0 Å². The molecule has 0 radical (unpaired) electrons. The van der Waals surface area contributed by atoms with Gasteiger partial charge in [0, 0.05) is 16.1 Å². The van der Waals surface area contributed by atoms with Gasteiger partial charge >= 0.3 is 0 Å². The molecule has 0 bridgehead atoms. The highest BCUT2D eigenvalue weighted by atomic mass is 35.5. The van der Waals surface area contributed by atoms with E-state index in [2.05, 4.69) is 12.1 Å². The molecule has 1 aliphatic rings. The number of rotatable bonds is 7. The molecule has 2 N–H and O–H groups in total. The van der Waals surface area contributed by atoms with E-state index in [1.54, 1.807) is 24.3 Å². The van der Waals surface area contributed by atoms with Crippen LogP contribution in [0.1, 0.15) is 22.3 Å². The lowest BCUT2D eigenvalue weighted by Gasteiger charge is -2.34. The van der Waals surface area contributed by atoms with Gasteiger partial charge in [-0.05, 0) is 24.3 Å². The molecule has 0 saturated carbocycles. The third kappa shape index (κ3) is 5.39. The van der Waals surface area contributed by atoms with E-state index in [1.165, 1.54) is 10.5 Å². The zero-order valence-corrected chi connectivity index (χ0v) is 15.9. The van der Waals surface area contributed by atoms with Gasteiger partial charge in [0.05, 0.1) is 12.4 Å². The van der Waals surface area contributed by atoms with Gasteiger partial charge in [-0.1, -0.05) is 41.9 Å². The van der Waals surface area contributed by atoms with Crippen molar-refractivity contribution >= 4 is 23.4 Å². The van der Waals surface area contributed by atoms with Crippen LogP contribution in [-0.4, -0.2) is 44.0 Å². The van der Waals surface area contributed by atoms with Gasteiger partial charge in [0.15, 0.2) is 5.78 Å². The SMILES string of the molecule is O=C(C[C@H](C(=O)[O-])[NH+]1CC[NH+](Cc2ccccc2)CC1)c1ccc(Cl)cc1. The van der Waals surface area contributed by atoms with E-state index in [4.69, 9.17) is 11.6 Å². The molecular formula is C21H24ClN2O3+. The van der Waals surface area contributed by atoms with Gasteiger partial charge in [-0.15, -0.1) is 0 Å². The van der Waals surface area contributed by atoms with Crippen LogP contribution in [0.2, 0.25) is 5.02 Å². The van der Waals surface area contributed by atoms with Crippen LogP contribution in [0.4, 0.5) is 0 Å². The summed E-state index contributed by atoms with van der Waals surface area (Å²) in [7, 11) is 0. The number of benzene rings is 2. The number of aliphatic carboxylic acids is 1. The number of Topliss-reactive ketones (excluding diaryl/α,β-unsaturated/α-hetero) is 1. The van der Waals surface area contributed by atoms with Gasteiger partial charge in [-0.25, -0.2) is 0 Å². The molecule has 0 amide bonds. The van der Waals surface area contributed by atoms with Gasteiger partial charge in [-0.2, -0.15) is 0 Å². The maximum Gasteiger partial charge on any atom is 0.169 e. The molecule has 0 unspecified atom stereocenters. The molecule has 0 spiro atoms. The third-order valence-electron chi connectivity index (χ3n) is 5.23. The number of carboxylic acid groups (broad SMARTS) is 1. The predicted molar refractivity (Wildman–Crippen MR) is 101 cm³/mol. The average molecular weight is 388 g/mol. The van der Waals surface area contributed by atoms with Crippen molar-refractivity contribution in [1.82, 2.24) is 0 Å². The molecule has 1 aliphatic heterocycles. The number of halogens is 1. The van der Waals surface area contributed by atoms with E-state index in [0.29, 0.717) is 23.7 Å². The minimum atomic E-state index is -1.15. The van der Waals surface area contributed by atoms with Crippen molar-refractivity contribution in [3.05, 3.63) is 70.7 Å². The minimum Gasteiger partial charge on any atom is -0.544 e. The largest absolute Gasteiger partial charge is 0.544 e. The Kier molecular flexibility index (Phi) is 6.61. The van der Waals surface area contributed by atoms with E-state index in [1.807, 2.05) is 18.2 Å². The number of piperazine rings is 1. The molecular weight excluding hydrogens is 364 g/mol. The normalized spacial score (nSPS) is 20.8. The number of hydrogen-bond donors (Lipinski definition) is 2. The van der Waals surface area contributed by atoms with Crippen molar-refractivity contribution in [3.63, 3.8) is 0 Å². The average Bonchev–Trinajstić information content (AvgIpc) is 2.68. The molecule has 1 fully saturated rings. The molecule has 1 atom stereocenters. The minimum absolute atomic E-state index is 0.0483. The zero-order chi connectivity index (χ0) is 19.2. The van der Waals surface area contributed by atoms with Crippen LogP contribution in [0.25, 0.3) is 0 Å². The summed E-state index contributed by atoms with van der Waals surface area (Å²) in [6, 6.07) is 16.0. The summed E-state index contributed by atoms with van der Waals surface area (Å²) >= 11 is 5.84. The summed E-state index contributed by atoms with van der Waals surface area (Å²) in [5, 5.41) is 12.2. The number of hydrogen-bond acceptors (Lipinski definition) is 3. The Labute approximate surface area is 164 Å². The van der Waals surface area contributed by atoms with Crippen LogP contribution in [0, 0.1) is 0 Å². The van der Waals surface area contributed by atoms with Crippen molar-refractivity contribution in [2.75, 3.05) is 26.2 Å². The molecule has 0 aliphatic carbocycles. The van der Waals surface area contributed by atoms with Crippen LogP contribution in [0.3, 0.4) is 0 Å². The Bertz CT molecular complexity index is 772. The van der Waals surface area contributed by atoms with E-state index in [-0.39, 0.29) is 12.2 Å². The lowest BCUT2D eigenvalue weighted by atomic mass is 10.0. The summed E-state index contributed by atoms with van der Waals surface area (Å²) in [5.74, 6) is -1.34. The summed E-state index contributed by atoms with van der Waals surface area (Å²) in [5.41, 5.74) is 1.77. The molecule has 6 heteroatoms. The van der Waals surface area contributed by atoms with Gasteiger partial charge in [0.2, 0.25) is 0 Å². The van der Waals surface area contributed by atoms with Crippen LogP contribution >= 0.6 is 11.6 Å². The Hall–Kier alpha value is -2.21. The van der Waals surface area contributed by atoms with Crippen molar-refractivity contribution in [1.29, 1.82) is 0 Å². The first kappa shape index (κ1) is 19.5. The van der Waals surface area contributed by atoms with Gasteiger partial charge in [-0.3, -0.25) is 4.79 Å². The molecule has 3 rings (SSSR count). The topological polar surface area (TPSA) is 66.1 Å². The molecule has 1 heterocycles. The van der Waals surface area contributed by atoms with Crippen LogP contribution in [0.5, 0.6) is 0 Å². The highest BCUT2D eigenvalue weighted by Gasteiger charge is 2.32. The Balaban J connectivity index is 1.57. The van der Waals surface area contributed by atoms with Crippen LogP contribution in [-0.2, 0) is 11.3 Å². The second-order valence-corrected chi connectivity index (χ2v) is 7.51. The Morgan fingerprint density at radius 3 is 2.19 bits per heavy atom. The first-order chi connectivity index (χ1) is 13.0. The number of carbonyl (C=O) groups excluding carboxylic acids is 2. The van der Waals surface area contributed by atoms with Crippen LogP contribution < -0.4 is 14.9 Å². The summed E-state index contributed by atoms with van der Waals surface area (Å²) in [6.07, 6.45) is -0.0483. The molecule has 2 aromatic rings. The van der Waals surface area contributed by atoms with Crippen molar-refractivity contribution < 1.29 is 24.5 Å². The molecule has 2 aromatic carbocycles. The number of nitrogens with one attached hydrogen (secondary N) is 2. The molecule has 1 saturated heterocycles. The van der Waals surface area contributed by atoms with Crippen molar-refractivity contribution in [3.8, 4) is 0 Å². The fraction of sp³-hybridized carbons (Fsp3) is 0.333. The quantitative estimate of drug-likeness (QED) is 0.600. The second-order valence-electron chi connectivity index (χ2n) is 7.08. The Morgan fingerprint density at radius 1 is 0.963 bits per heavy atom. The van der Waals surface area contributed by atoms with Gasteiger partial charge in [0.1, 0.15) is 38.8 Å². The van der Waals surface area contributed by atoms with Gasteiger partial charge < -0.3 is 19.7 Å². The smallest absolute Gasteiger partial charge is 0.169 e. The van der Waals surface area contributed by atoms with Crippen LogP contribution in [0.15, 0.2) is 54.6 Å². The summed E-state index contributed by atoms with van der Waals surface area (Å²) in [6.45, 7) is 4.13. The van der Waals surface area contributed by atoms with E-state index in [9.17, 15) is 14.7 Å².